The fourth-order valence-electron chi connectivity index (χ4n) is 1.21. The summed E-state index contributed by atoms with van der Waals surface area (Å²) in [6.07, 6.45) is 0.782. The van der Waals surface area contributed by atoms with Crippen molar-refractivity contribution in [2.75, 3.05) is 18.8 Å². The summed E-state index contributed by atoms with van der Waals surface area (Å²) in [5, 5.41) is 0. The maximum Gasteiger partial charge on any atom is 0.237 e. The highest BCUT2D eigenvalue weighted by atomic mass is 32.2. The second-order valence-corrected chi connectivity index (χ2v) is 3.79. The van der Waals surface area contributed by atoms with E-state index in [9.17, 15) is 9.00 Å². The van der Waals surface area contributed by atoms with Crippen molar-refractivity contribution in [3.8, 4) is 0 Å². The van der Waals surface area contributed by atoms with Crippen molar-refractivity contribution in [1.29, 1.82) is 0 Å². The third-order valence-corrected chi connectivity index (χ3v) is 2.32. The van der Waals surface area contributed by atoms with Crippen molar-refractivity contribution < 1.29 is 13.6 Å². The maximum atomic E-state index is 11.1. The molecule has 0 aromatic rings. The molecular formula is C6H12N2O3S. The van der Waals surface area contributed by atoms with Crippen molar-refractivity contribution >= 4 is 17.0 Å². The second kappa shape index (κ2) is 3.97. The standard InChI is InChI=1S/C6H12N2O3S/c7-5-1-2-8(3-5)6(9)4-12(10)11/h5H,1-4,7H2,(H,10,11). The van der Waals surface area contributed by atoms with Gasteiger partial charge in [-0.15, -0.1) is 0 Å². The Morgan fingerprint density at radius 2 is 2.42 bits per heavy atom. The molecule has 3 N–H and O–H groups in total. The van der Waals surface area contributed by atoms with Crippen molar-refractivity contribution in [2.45, 2.75) is 12.5 Å². The van der Waals surface area contributed by atoms with Gasteiger partial charge >= 0.3 is 0 Å². The molecule has 12 heavy (non-hydrogen) atoms. The van der Waals surface area contributed by atoms with Gasteiger partial charge < -0.3 is 15.2 Å². The first-order valence-electron chi connectivity index (χ1n) is 3.70. The van der Waals surface area contributed by atoms with Gasteiger partial charge in [0.2, 0.25) is 5.91 Å². The number of carbonyl (C=O) groups is 1. The summed E-state index contributed by atoms with van der Waals surface area (Å²) < 4.78 is 18.7. The van der Waals surface area contributed by atoms with Crippen LogP contribution in [0.5, 0.6) is 0 Å². The lowest BCUT2D eigenvalue weighted by Crippen LogP contribution is -2.34. The summed E-state index contributed by atoms with van der Waals surface area (Å²) in [6, 6.07) is 0.0288. The molecule has 1 amide bonds. The fraction of sp³-hybridized carbons (Fsp3) is 0.833. The zero-order valence-electron chi connectivity index (χ0n) is 6.60. The van der Waals surface area contributed by atoms with Crippen LogP contribution in [0.3, 0.4) is 0 Å². The lowest BCUT2D eigenvalue weighted by molar-refractivity contribution is -0.127. The second-order valence-electron chi connectivity index (χ2n) is 2.85. The summed E-state index contributed by atoms with van der Waals surface area (Å²) in [6.45, 7) is 1.12. The number of nitrogens with two attached hydrogens (primary N) is 1. The molecule has 1 heterocycles. The SMILES string of the molecule is NC1CCN(C(=O)CS(=O)O)C1. The van der Waals surface area contributed by atoms with Crippen LogP contribution in [0.1, 0.15) is 6.42 Å². The van der Waals surface area contributed by atoms with E-state index in [-0.39, 0.29) is 17.7 Å². The Balaban J connectivity index is 2.38. The topological polar surface area (TPSA) is 83.6 Å². The third-order valence-electron chi connectivity index (χ3n) is 1.82. The molecule has 0 spiro atoms. The average molecular weight is 192 g/mol. The molecule has 1 fully saturated rings. The van der Waals surface area contributed by atoms with E-state index < -0.39 is 11.1 Å². The summed E-state index contributed by atoms with van der Waals surface area (Å²) in [7, 11) is 0. The summed E-state index contributed by atoms with van der Waals surface area (Å²) >= 11 is -2.03. The average Bonchev–Trinajstić information content (AvgIpc) is 2.34. The number of carbonyl (C=O) groups excluding carboxylic acids is 1. The summed E-state index contributed by atoms with van der Waals surface area (Å²) in [5.74, 6) is -0.601. The van der Waals surface area contributed by atoms with E-state index in [1.165, 1.54) is 4.90 Å². The van der Waals surface area contributed by atoms with Crippen molar-refractivity contribution in [3.63, 3.8) is 0 Å². The minimum Gasteiger partial charge on any atom is -0.340 e. The van der Waals surface area contributed by atoms with Gasteiger partial charge in [-0.1, -0.05) is 0 Å². The van der Waals surface area contributed by atoms with Gasteiger partial charge in [-0.05, 0) is 6.42 Å². The lowest BCUT2D eigenvalue weighted by atomic mass is 10.3. The van der Waals surface area contributed by atoms with E-state index in [2.05, 4.69) is 0 Å². The molecule has 0 bridgehead atoms. The Hall–Kier alpha value is -0.460. The van der Waals surface area contributed by atoms with Crippen LogP contribution in [-0.2, 0) is 15.9 Å². The highest BCUT2D eigenvalue weighted by molar-refractivity contribution is 7.80. The Bertz CT molecular complexity index is 209. The van der Waals surface area contributed by atoms with E-state index >= 15 is 0 Å². The molecule has 1 saturated heterocycles. The highest BCUT2D eigenvalue weighted by Gasteiger charge is 2.24. The normalized spacial score (nSPS) is 25.8. The van der Waals surface area contributed by atoms with E-state index in [0.29, 0.717) is 13.1 Å². The highest BCUT2D eigenvalue weighted by Crippen LogP contribution is 2.06. The first-order chi connectivity index (χ1) is 5.59. The lowest BCUT2D eigenvalue weighted by Gasteiger charge is -2.13. The molecule has 2 atom stereocenters. The van der Waals surface area contributed by atoms with Gasteiger partial charge in [0, 0.05) is 19.1 Å². The largest absolute Gasteiger partial charge is 0.340 e. The maximum absolute atomic E-state index is 11.1. The molecular weight excluding hydrogens is 180 g/mol. The van der Waals surface area contributed by atoms with Gasteiger partial charge in [-0.3, -0.25) is 4.79 Å². The van der Waals surface area contributed by atoms with E-state index in [1.807, 2.05) is 0 Å². The molecule has 0 aromatic carbocycles. The van der Waals surface area contributed by atoms with Crippen molar-refractivity contribution in [1.82, 2.24) is 4.90 Å². The Morgan fingerprint density at radius 1 is 1.75 bits per heavy atom. The molecule has 2 unspecified atom stereocenters. The predicted molar refractivity (Wildman–Crippen MR) is 44.8 cm³/mol. The molecule has 1 rings (SSSR count). The minimum atomic E-state index is -2.03. The monoisotopic (exact) mass is 192 g/mol. The van der Waals surface area contributed by atoms with Crippen LogP contribution in [0.2, 0.25) is 0 Å². The summed E-state index contributed by atoms with van der Waals surface area (Å²) in [4.78, 5) is 12.6. The third kappa shape index (κ3) is 2.54. The number of hydrogen-bond acceptors (Lipinski definition) is 3. The van der Waals surface area contributed by atoms with Crippen LogP contribution in [0.25, 0.3) is 0 Å². The molecule has 70 valence electrons. The number of amides is 1. The van der Waals surface area contributed by atoms with Gasteiger partial charge in [0.25, 0.3) is 0 Å². The van der Waals surface area contributed by atoms with Gasteiger partial charge in [-0.2, -0.15) is 0 Å². The number of rotatable bonds is 2. The molecule has 0 radical (unpaired) electrons. The van der Waals surface area contributed by atoms with Crippen LogP contribution < -0.4 is 5.73 Å². The van der Waals surface area contributed by atoms with Gasteiger partial charge in [0.1, 0.15) is 5.75 Å². The van der Waals surface area contributed by atoms with E-state index in [1.54, 1.807) is 0 Å². The van der Waals surface area contributed by atoms with Crippen LogP contribution in [-0.4, -0.2) is 44.5 Å². The van der Waals surface area contributed by atoms with E-state index in [0.717, 1.165) is 6.42 Å². The van der Waals surface area contributed by atoms with E-state index in [4.69, 9.17) is 10.3 Å². The Kier molecular flexibility index (Phi) is 3.19. The van der Waals surface area contributed by atoms with Crippen LogP contribution in [0, 0.1) is 0 Å². The van der Waals surface area contributed by atoms with Crippen LogP contribution >= 0.6 is 0 Å². The van der Waals surface area contributed by atoms with Crippen LogP contribution in [0.15, 0.2) is 0 Å². The zero-order chi connectivity index (χ0) is 9.14. The molecule has 5 nitrogen and oxygen atoms in total. The zero-order valence-corrected chi connectivity index (χ0v) is 7.42. The van der Waals surface area contributed by atoms with Gasteiger partial charge in [-0.25, -0.2) is 4.21 Å². The Morgan fingerprint density at radius 3 is 2.83 bits per heavy atom. The molecule has 0 aromatic heterocycles. The first-order valence-corrected chi connectivity index (χ1v) is 4.98. The molecule has 0 saturated carbocycles. The number of hydrogen-bond donors (Lipinski definition) is 2. The van der Waals surface area contributed by atoms with Gasteiger partial charge in [0.15, 0.2) is 11.1 Å². The summed E-state index contributed by atoms with van der Waals surface area (Å²) in [5.41, 5.74) is 5.56. The van der Waals surface area contributed by atoms with Crippen LogP contribution in [0.4, 0.5) is 0 Å². The molecule has 0 aliphatic carbocycles. The first kappa shape index (κ1) is 9.63. The number of nitrogens with zero attached hydrogens (tertiary/aromatic N) is 1. The van der Waals surface area contributed by atoms with Crippen molar-refractivity contribution in [3.05, 3.63) is 0 Å². The predicted octanol–water partition coefficient (Wildman–Crippen LogP) is -1.23. The fourth-order valence-corrected chi connectivity index (χ4v) is 1.60. The van der Waals surface area contributed by atoms with Crippen molar-refractivity contribution in [2.24, 2.45) is 5.73 Å². The molecule has 1 aliphatic rings. The van der Waals surface area contributed by atoms with Gasteiger partial charge in [0.05, 0.1) is 0 Å². The quantitative estimate of drug-likeness (QED) is 0.536. The number of likely N-dealkylation sites (tertiary alicyclic amines) is 1. The Labute approximate surface area is 73.2 Å². The minimum absolute atomic E-state index is 0.0288. The molecule has 1 aliphatic heterocycles. The molecule has 6 heteroatoms. The smallest absolute Gasteiger partial charge is 0.237 e.